The molecule has 0 aliphatic carbocycles. The van der Waals surface area contributed by atoms with E-state index in [1.165, 1.54) is 22.5 Å². The van der Waals surface area contributed by atoms with E-state index in [1.807, 2.05) is 0 Å². The lowest BCUT2D eigenvalue weighted by molar-refractivity contribution is -0.156. The Morgan fingerprint density at radius 1 is 1.18 bits per heavy atom. The lowest BCUT2D eigenvalue weighted by Gasteiger charge is -2.17. The first kappa shape index (κ1) is 21.4. The highest BCUT2D eigenvalue weighted by Crippen LogP contribution is 2.16. The maximum atomic E-state index is 12.6. The van der Waals surface area contributed by atoms with Crippen LogP contribution in [0.4, 0.5) is 0 Å². The Morgan fingerprint density at radius 2 is 1.86 bits per heavy atom. The van der Waals surface area contributed by atoms with Crippen LogP contribution in [0.3, 0.4) is 0 Å². The average molecular weight is 394 g/mol. The van der Waals surface area contributed by atoms with Crippen LogP contribution in [0.2, 0.25) is 0 Å². The molecule has 0 aromatic carbocycles. The first-order valence-electron chi connectivity index (χ1n) is 9.05. The largest absolute Gasteiger partial charge is 0.466 e. The number of imidazole rings is 1. The van der Waals surface area contributed by atoms with E-state index in [9.17, 15) is 19.2 Å². The molecule has 0 saturated heterocycles. The van der Waals surface area contributed by atoms with Crippen LogP contribution < -0.4 is 11.2 Å². The second kappa shape index (κ2) is 8.41. The molecule has 0 unspecified atom stereocenters. The Morgan fingerprint density at radius 3 is 2.46 bits per heavy atom. The van der Waals surface area contributed by atoms with Gasteiger partial charge < -0.3 is 9.47 Å². The van der Waals surface area contributed by atoms with Gasteiger partial charge in [0.1, 0.15) is 6.33 Å². The first-order chi connectivity index (χ1) is 13.1. The summed E-state index contributed by atoms with van der Waals surface area (Å²) >= 11 is 0. The summed E-state index contributed by atoms with van der Waals surface area (Å²) in [5.74, 6) is -0.773. The smallest absolute Gasteiger partial charge is 0.332 e. The highest BCUT2D eigenvalue weighted by molar-refractivity contribution is 5.75. The summed E-state index contributed by atoms with van der Waals surface area (Å²) in [7, 11) is 1.37. The summed E-state index contributed by atoms with van der Waals surface area (Å²) in [6, 6.07) is 0. The molecule has 28 heavy (non-hydrogen) atoms. The van der Waals surface area contributed by atoms with Crippen molar-refractivity contribution in [3.8, 4) is 0 Å². The number of esters is 2. The monoisotopic (exact) mass is 394 g/mol. The van der Waals surface area contributed by atoms with Gasteiger partial charge >= 0.3 is 17.6 Å². The van der Waals surface area contributed by atoms with Gasteiger partial charge in [-0.3, -0.25) is 28.1 Å². The van der Waals surface area contributed by atoms with Gasteiger partial charge in [-0.1, -0.05) is 0 Å². The van der Waals surface area contributed by atoms with Crippen LogP contribution in [0.1, 0.15) is 40.5 Å². The van der Waals surface area contributed by atoms with Crippen LogP contribution in [0.5, 0.6) is 0 Å². The maximum Gasteiger partial charge on any atom is 0.332 e. The second-order valence-electron chi connectivity index (χ2n) is 7.40. The molecule has 0 spiro atoms. The molecule has 0 amide bonds. The van der Waals surface area contributed by atoms with Gasteiger partial charge in [-0.05, 0) is 34.1 Å². The van der Waals surface area contributed by atoms with Crippen molar-refractivity contribution in [2.24, 2.45) is 12.5 Å². The standard InChI is InChI=1S/C18H26N4O6/c1-6-27-12(23)8-7-9-22-14-13(15(24)20(5)17(22)26)21(10-19-14)11-28-16(25)18(2,3)4/h10H,6-9,11H2,1-5H3. The van der Waals surface area contributed by atoms with E-state index >= 15 is 0 Å². The van der Waals surface area contributed by atoms with Crippen LogP contribution in [0.15, 0.2) is 15.9 Å². The minimum Gasteiger partial charge on any atom is -0.466 e. The number of fused-ring (bicyclic) bond motifs is 1. The summed E-state index contributed by atoms with van der Waals surface area (Å²) in [5, 5.41) is 0. The molecular weight excluding hydrogens is 368 g/mol. The third-order valence-corrected chi connectivity index (χ3v) is 4.11. The van der Waals surface area contributed by atoms with Gasteiger partial charge in [-0.25, -0.2) is 9.78 Å². The molecule has 2 heterocycles. The number of ether oxygens (including phenoxy) is 2. The van der Waals surface area contributed by atoms with Crippen LogP contribution in [-0.4, -0.2) is 37.2 Å². The third-order valence-electron chi connectivity index (χ3n) is 4.11. The van der Waals surface area contributed by atoms with Gasteiger partial charge in [0.2, 0.25) is 0 Å². The number of carbonyl (C=O) groups excluding carboxylic acids is 2. The second-order valence-corrected chi connectivity index (χ2v) is 7.40. The predicted molar refractivity (Wildman–Crippen MR) is 101 cm³/mol. The lowest BCUT2D eigenvalue weighted by Crippen LogP contribution is -2.39. The molecule has 2 rings (SSSR count). The Balaban J connectivity index is 2.33. The highest BCUT2D eigenvalue weighted by atomic mass is 16.5. The van der Waals surface area contributed by atoms with Crippen molar-refractivity contribution in [3.05, 3.63) is 27.2 Å². The zero-order valence-corrected chi connectivity index (χ0v) is 16.9. The summed E-state index contributed by atoms with van der Waals surface area (Å²) in [4.78, 5) is 52.7. The Kier molecular flexibility index (Phi) is 6.42. The molecule has 0 radical (unpaired) electrons. The zero-order valence-electron chi connectivity index (χ0n) is 16.9. The van der Waals surface area contributed by atoms with E-state index < -0.39 is 22.6 Å². The van der Waals surface area contributed by atoms with Crippen molar-refractivity contribution >= 4 is 23.1 Å². The van der Waals surface area contributed by atoms with E-state index in [2.05, 4.69) is 4.98 Å². The Bertz CT molecular complexity index is 992. The average Bonchev–Trinajstić information content (AvgIpc) is 3.03. The first-order valence-corrected chi connectivity index (χ1v) is 9.05. The molecule has 154 valence electrons. The number of carbonyl (C=O) groups is 2. The van der Waals surface area contributed by atoms with Gasteiger partial charge in [-0.15, -0.1) is 0 Å². The van der Waals surface area contributed by atoms with Crippen LogP contribution in [0.25, 0.3) is 11.2 Å². The highest BCUT2D eigenvalue weighted by Gasteiger charge is 2.24. The van der Waals surface area contributed by atoms with Crippen molar-refractivity contribution in [3.63, 3.8) is 0 Å². The van der Waals surface area contributed by atoms with Crippen LogP contribution in [0, 0.1) is 5.41 Å². The normalized spacial score (nSPS) is 11.6. The number of aromatic nitrogens is 4. The minimum atomic E-state index is -0.684. The number of rotatable bonds is 7. The fourth-order valence-corrected chi connectivity index (χ4v) is 2.56. The van der Waals surface area contributed by atoms with Crippen molar-refractivity contribution < 1.29 is 19.1 Å². The van der Waals surface area contributed by atoms with Crippen LogP contribution in [-0.2, 0) is 39.4 Å². The molecular formula is C18H26N4O6. The number of hydrogen-bond donors (Lipinski definition) is 0. The van der Waals surface area contributed by atoms with Crippen LogP contribution >= 0.6 is 0 Å². The number of nitrogens with zero attached hydrogens (tertiary/aromatic N) is 4. The molecule has 0 bridgehead atoms. The van der Waals surface area contributed by atoms with Gasteiger partial charge in [0.15, 0.2) is 17.9 Å². The quantitative estimate of drug-likeness (QED) is 0.638. The molecule has 0 aliphatic heterocycles. The van der Waals surface area contributed by atoms with Gasteiger partial charge in [-0.2, -0.15) is 0 Å². The fraction of sp³-hybridized carbons (Fsp3) is 0.611. The lowest BCUT2D eigenvalue weighted by atomic mass is 9.98. The van der Waals surface area contributed by atoms with Gasteiger partial charge in [0.05, 0.1) is 12.0 Å². The summed E-state index contributed by atoms with van der Waals surface area (Å²) in [6.07, 6.45) is 1.86. The molecule has 0 atom stereocenters. The fourth-order valence-electron chi connectivity index (χ4n) is 2.56. The molecule has 0 fully saturated rings. The topological polar surface area (TPSA) is 114 Å². The van der Waals surface area contributed by atoms with Crippen molar-refractivity contribution in [2.75, 3.05) is 6.61 Å². The molecule has 10 nitrogen and oxygen atoms in total. The predicted octanol–water partition coefficient (Wildman–Crippen LogP) is 0.787. The molecule has 2 aromatic heterocycles. The zero-order chi connectivity index (χ0) is 21.1. The number of hydrogen-bond acceptors (Lipinski definition) is 7. The maximum absolute atomic E-state index is 12.6. The van der Waals surface area contributed by atoms with Crippen molar-refractivity contribution in [1.29, 1.82) is 0 Å². The minimum absolute atomic E-state index is 0.147. The van der Waals surface area contributed by atoms with E-state index in [4.69, 9.17) is 9.47 Å². The summed E-state index contributed by atoms with van der Waals surface area (Å²) in [6.45, 7) is 7.19. The Labute approximate surface area is 161 Å². The van der Waals surface area contributed by atoms with E-state index in [1.54, 1.807) is 27.7 Å². The van der Waals surface area contributed by atoms with E-state index in [0.717, 1.165) is 4.57 Å². The van der Waals surface area contributed by atoms with E-state index in [-0.39, 0.29) is 36.8 Å². The molecule has 0 aliphatic rings. The molecule has 0 saturated carbocycles. The third kappa shape index (κ3) is 4.49. The number of aryl methyl sites for hydroxylation is 1. The molecule has 2 aromatic rings. The van der Waals surface area contributed by atoms with E-state index in [0.29, 0.717) is 13.0 Å². The van der Waals surface area contributed by atoms with Gasteiger partial charge in [0, 0.05) is 20.0 Å². The Hall–Kier alpha value is -2.91. The summed E-state index contributed by atoms with van der Waals surface area (Å²) < 4.78 is 13.8. The molecule has 10 heteroatoms. The SMILES string of the molecule is CCOC(=O)CCCn1c(=O)n(C)c(=O)c2c1ncn2COC(=O)C(C)(C)C. The van der Waals surface area contributed by atoms with Gasteiger partial charge in [0.25, 0.3) is 5.56 Å². The van der Waals surface area contributed by atoms with Crippen molar-refractivity contribution in [2.45, 2.75) is 53.8 Å². The summed E-state index contributed by atoms with van der Waals surface area (Å²) in [5.41, 5.74) is -1.41. The van der Waals surface area contributed by atoms with Crippen molar-refractivity contribution in [1.82, 2.24) is 18.7 Å². The molecule has 0 N–H and O–H groups in total.